The van der Waals surface area contributed by atoms with Crippen molar-refractivity contribution in [3.8, 4) is 0 Å². The van der Waals surface area contributed by atoms with Gasteiger partial charge in [0.05, 0.1) is 16.8 Å². The molecule has 0 bridgehead atoms. The second-order valence-electron chi connectivity index (χ2n) is 3.07. The van der Waals surface area contributed by atoms with Crippen LogP contribution in [-0.4, -0.2) is 27.5 Å². The topological polar surface area (TPSA) is 86.9 Å². The van der Waals surface area contributed by atoms with Gasteiger partial charge < -0.3 is 11.5 Å². The maximum Gasteiger partial charge on any atom is 0.235 e. The number of nitrogens with two attached hydrogens (primary N) is 2. The molecule has 6 heteroatoms. The Morgan fingerprint density at radius 1 is 1.79 bits per heavy atom. The molecule has 0 aromatic carbocycles. The number of hydrogen-bond acceptors (Lipinski definition) is 4. The molecule has 0 fully saturated rings. The Balaban J connectivity index is 2.53. The van der Waals surface area contributed by atoms with Crippen molar-refractivity contribution in [1.29, 1.82) is 0 Å². The average molecular weight is 214 g/mol. The fourth-order valence-electron chi connectivity index (χ4n) is 0.979. The van der Waals surface area contributed by atoms with Gasteiger partial charge in [0.15, 0.2) is 0 Å². The molecule has 0 saturated heterocycles. The largest absolute Gasteiger partial charge is 0.368 e. The first-order chi connectivity index (χ1) is 6.50. The van der Waals surface area contributed by atoms with Crippen LogP contribution in [-0.2, 0) is 11.8 Å². The average Bonchev–Trinajstić information content (AvgIpc) is 2.40. The Bertz CT molecular complexity index is 336. The quantitative estimate of drug-likeness (QED) is 0.670. The molecule has 1 aromatic heterocycles. The molecule has 4 N–H and O–H groups in total. The summed E-state index contributed by atoms with van der Waals surface area (Å²) in [4.78, 5) is 10.7. The van der Waals surface area contributed by atoms with Crippen molar-refractivity contribution in [2.45, 2.75) is 18.0 Å². The normalized spacial score (nSPS) is 12.8. The van der Waals surface area contributed by atoms with Gasteiger partial charge in [-0.25, -0.2) is 0 Å². The Kier molecular flexibility index (Phi) is 3.54. The molecular weight excluding hydrogens is 200 g/mol. The molecule has 0 saturated carbocycles. The molecule has 0 aliphatic rings. The van der Waals surface area contributed by atoms with Crippen LogP contribution >= 0.6 is 11.8 Å². The zero-order valence-corrected chi connectivity index (χ0v) is 9.04. The summed E-state index contributed by atoms with van der Waals surface area (Å²) in [6.07, 6.45) is 0. The molecule has 1 heterocycles. The molecule has 1 rings (SSSR count). The van der Waals surface area contributed by atoms with Crippen LogP contribution in [0.2, 0.25) is 0 Å². The first kappa shape index (κ1) is 11.1. The SMILES string of the molecule is Cc1cc(SCC(N)C(N)=O)n(C)n1. The van der Waals surface area contributed by atoms with E-state index in [9.17, 15) is 4.79 Å². The smallest absolute Gasteiger partial charge is 0.235 e. The molecule has 1 unspecified atom stereocenters. The number of nitrogens with zero attached hydrogens (tertiary/aromatic N) is 2. The number of carbonyl (C=O) groups is 1. The molecular formula is C8H14N4OS. The number of carbonyl (C=O) groups excluding carboxylic acids is 1. The van der Waals surface area contributed by atoms with Crippen LogP contribution in [0, 0.1) is 6.92 Å². The summed E-state index contributed by atoms with van der Waals surface area (Å²) >= 11 is 1.48. The Labute approximate surface area is 86.8 Å². The minimum atomic E-state index is -0.602. The van der Waals surface area contributed by atoms with E-state index in [4.69, 9.17) is 11.5 Å². The van der Waals surface area contributed by atoms with E-state index < -0.39 is 11.9 Å². The van der Waals surface area contributed by atoms with Gasteiger partial charge in [-0.2, -0.15) is 5.10 Å². The molecule has 0 spiro atoms. The van der Waals surface area contributed by atoms with Gasteiger partial charge in [-0.1, -0.05) is 0 Å². The summed E-state index contributed by atoms with van der Waals surface area (Å²) in [7, 11) is 1.85. The van der Waals surface area contributed by atoms with Gasteiger partial charge in [0.2, 0.25) is 5.91 Å². The third-order valence-corrected chi connectivity index (χ3v) is 2.94. The number of hydrogen-bond donors (Lipinski definition) is 2. The molecule has 1 atom stereocenters. The molecule has 78 valence electrons. The monoisotopic (exact) mass is 214 g/mol. The summed E-state index contributed by atoms with van der Waals surface area (Å²) in [6.45, 7) is 1.91. The predicted octanol–water partition coefficient (Wildman–Crippen LogP) is -0.367. The number of thioether (sulfide) groups is 1. The maximum absolute atomic E-state index is 10.7. The lowest BCUT2D eigenvalue weighted by atomic mass is 10.3. The predicted molar refractivity (Wildman–Crippen MR) is 55.8 cm³/mol. The lowest BCUT2D eigenvalue weighted by molar-refractivity contribution is -0.118. The van der Waals surface area contributed by atoms with Crippen LogP contribution in [0.4, 0.5) is 0 Å². The molecule has 0 aliphatic carbocycles. The number of amides is 1. The third-order valence-electron chi connectivity index (χ3n) is 1.74. The van der Waals surface area contributed by atoms with Crippen LogP contribution in [0.3, 0.4) is 0 Å². The molecule has 14 heavy (non-hydrogen) atoms. The van der Waals surface area contributed by atoms with E-state index in [-0.39, 0.29) is 0 Å². The van der Waals surface area contributed by atoms with Gasteiger partial charge in [-0.3, -0.25) is 9.48 Å². The Morgan fingerprint density at radius 3 is 2.86 bits per heavy atom. The summed E-state index contributed by atoms with van der Waals surface area (Å²) in [6, 6.07) is 1.34. The molecule has 0 aliphatic heterocycles. The second kappa shape index (κ2) is 4.47. The number of rotatable bonds is 4. The first-order valence-electron chi connectivity index (χ1n) is 4.19. The van der Waals surface area contributed by atoms with E-state index in [1.807, 2.05) is 20.0 Å². The van der Waals surface area contributed by atoms with E-state index in [1.54, 1.807) is 4.68 Å². The highest BCUT2D eigenvalue weighted by Crippen LogP contribution is 2.18. The fraction of sp³-hybridized carbons (Fsp3) is 0.500. The van der Waals surface area contributed by atoms with Crippen LogP contribution < -0.4 is 11.5 Å². The van der Waals surface area contributed by atoms with Gasteiger partial charge in [-0.05, 0) is 13.0 Å². The van der Waals surface area contributed by atoms with Crippen molar-refractivity contribution < 1.29 is 4.79 Å². The van der Waals surface area contributed by atoms with Crippen LogP contribution in [0.15, 0.2) is 11.1 Å². The highest BCUT2D eigenvalue weighted by Gasteiger charge is 2.11. The first-order valence-corrected chi connectivity index (χ1v) is 5.17. The minimum Gasteiger partial charge on any atom is -0.368 e. The zero-order chi connectivity index (χ0) is 10.7. The van der Waals surface area contributed by atoms with Gasteiger partial charge in [0.25, 0.3) is 0 Å². The van der Waals surface area contributed by atoms with E-state index in [2.05, 4.69) is 5.10 Å². The molecule has 5 nitrogen and oxygen atoms in total. The highest BCUT2D eigenvalue weighted by molar-refractivity contribution is 7.99. The second-order valence-corrected chi connectivity index (χ2v) is 4.11. The summed E-state index contributed by atoms with van der Waals surface area (Å²) in [5.41, 5.74) is 11.5. The van der Waals surface area contributed by atoms with Crippen molar-refractivity contribution in [3.05, 3.63) is 11.8 Å². The van der Waals surface area contributed by atoms with Crippen molar-refractivity contribution in [2.24, 2.45) is 18.5 Å². The van der Waals surface area contributed by atoms with Crippen LogP contribution in [0.5, 0.6) is 0 Å². The Hall–Kier alpha value is -1.01. The van der Waals surface area contributed by atoms with E-state index >= 15 is 0 Å². The molecule has 0 radical (unpaired) electrons. The standard InChI is InChI=1S/C8H14N4OS/c1-5-3-7(12(2)11-5)14-4-6(9)8(10)13/h3,6H,4,9H2,1-2H3,(H2,10,13). The lowest BCUT2D eigenvalue weighted by Crippen LogP contribution is -2.38. The zero-order valence-electron chi connectivity index (χ0n) is 8.23. The van der Waals surface area contributed by atoms with E-state index in [1.165, 1.54) is 11.8 Å². The third kappa shape index (κ3) is 2.74. The van der Waals surface area contributed by atoms with Crippen LogP contribution in [0.25, 0.3) is 0 Å². The summed E-state index contributed by atoms with van der Waals surface area (Å²) in [5.74, 6) is 0.00490. The Morgan fingerprint density at radius 2 is 2.43 bits per heavy atom. The van der Waals surface area contributed by atoms with Gasteiger partial charge in [0.1, 0.15) is 0 Å². The molecule has 1 aromatic rings. The van der Waals surface area contributed by atoms with Crippen molar-refractivity contribution >= 4 is 17.7 Å². The molecule has 1 amide bonds. The van der Waals surface area contributed by atoms with E-state index in [0.717, 1.165) is 10.7 Å². The van der Waals surface area contributed by atoms with Crippen molar-refractivity contribution in [3.63, 3.8) is 0 Å². The number of aromatic nitrogens is 2. The van der Waals surface area contributed by atoms with Crippen molar-refractivity contribution in [2.75, 3.05) is 5.75 Å². The van der Waals surface area contributed by atoms with Gasteiger partial charge >= 0.3 is 0 Å². The van der Waals surface area contributed by atoms with Crippen LogP contribution in [0.1, 0.15) is 5.69 Å². The van der Waals surface area contributed by atoms with Gasteiger partial charge in [-0.15, -0.1) is 11.8 Å². The highest BCUT2D eigenvalue weighted by atomic mass is 32.2. The number of aryl methyl sites for hydroxylation is 2. The van der Waals surface area contributed by atoms with Crippen molar-refractivity contribution in [1.82, 2.24) is 9.78 Å². The number of primary amides is 1. The van der Waals surface area contributed by atoms with E-state index in [0.29, 0.717) is 5.75 Å². The fourth-order valence-corrected chi connectivity index (χ4v) is 1.98. The maximum atomic E-state index is 10.7. The lowest BCUT2D eigenvalue weighted by Gasteiger charge is -2.06. The van der Waals surface area contributed by atoms with Gasteiger partial charge in [0, 0.05) is 12.8 Å². The minimum absolute atomic E-state index is 0.476. The summed E-state index contributed by atoms with van der Waals surface area (Å²) < 4.78 is 1.76. The summed E-state index contributed by atoms with van der Waals surface area (Å²) in [5, 5.41) is 5.16.